The summed E-state index contributed by atoms with van der Waals surface area (Å²) in [6.07, 6.45) is 9.39. The van der Waals surface area contributed by atoms with E-state index in [-0.39, 0.29) is 0 Å². The average Bonchev–Trinajstić information content (AvgIpc) is 2.46. The standard InChI is InChI=1S/C14H16S/c1-12-6-5-9-14(11-10-12)15-13-7-3-2-4-8-13/h2-4,7-12H,5-6H2,1H3/t12-/m0/s1. The second kappa shape index (κ2) is 5.22. The zero-order valence-corrected chi connectivity index (χ0v) is 9.84. The Morgan fingerprint density at radius 2 is 2.00 bits per heavy atom. The third kappa shape index (κ3) is 3.28. The molecule has 0 radical (unpaired) electrons. The van der Waals surface area contributed by atoms with Crippen LogP contribution in [0.4, 0.5) is 0 Å². The van der Waals surface area contributed by atoms with E-state index in [0.29, 0.717) is 0 Å². The van der Waals surface area contributed by atoms with Gasteiger partial charge in [-0.25, -0.2) is 0 Å². The van der Waals surface area contributed by atoms with E-state index in [9.17, 15) is 0 Å². The second-order valence-electron chi connectivity index (χ2n) is 3.94. The summed E-state index contributed by atoms with van der Waals surface area (Å²) in [7, 11) is 0. The Balaban J connectivity index is 2.06. The van der Waals surface area contributed by atoms with Crippen molar-refractivity contribution < 1.29 is 0 Å². The molecule has 15 heavy (non-hydrogen) atoms. The summed E-state index contributed by atoms with van der Waals surface area (Å²) in [5.41, 5.74) is 0. The molecule has 0 N–H and O–H groups in total. The summed E-state index contributed by atoms with van der Waals surface area (Å²) in [6, 6.07) is 10.6. The Kier molecular flexibility index (Phi) is 3.68. The van der Waals surface area contributed by atoms with Crippen LogP contribution in [0.2, 0.25) is 0 Å². The van der Waals surface area contributed by atoms with Crippen molar-refractivity contribution in [3.05, 3.63) is 53.5 Å². The fourth-order valence-corrected chi connectivity index (χ4v) is 2.53. The number of allylic oxidation sites excluding steroid dienone is 3. The highest BCUT2D eigenvalue weighted by atomic mass is 32.2. The van der Waals surface area contributed by atoms with Crippen molar-refractivity contribution in [1.29, 1.82) is 0 Å². The molecule has 1 aromatic rings. The molecule has 0 saturated heterocycles. The van der Waals surface area contributed by atoms with Gasteiger partial charge in [0.25, 0.3) is 0 Å². The van der Waals surface area contributed by atoms with E-state index in [0.717, 1.165) is 5.92 Å². The third-order valence-electron chi connectivity index (χ3n) is 2.54. The van der Waals surface area contributed by atoms with Crippen molar-refractivity contribution in [1.82, 2.24) is 0 Å². The topological polar surface area (TPSA) is 0 Å². The molecule has 0 unspecified atom stereocenters. The highest BCUT2D eigenvalue weighted by Gasteiger charge is 2.03. The average molecular weight is 216 g/mol. The highest BCUT2D eigenvalue weighted by Crippen LogP contribution is 2.30. The van der Waals surface area contributed by atoms with Crippen LogP contribution < -0.4 is 0 Å². The molecule has 0 amide bonds. The molecule has 0 nitrogen and oxygen atoms in total. The molecule has 1 aromatic carbocycles. The maximum atomic E-state index is 2.34. The third-order valence-corrected chi connectivity index (χ3v) is 3.58. The van der Waals surface area contributed by atoms with Crippen molar-refractivity contribution in [3.8, 4) is 0 Å². The van der Waals surface area contributed by atoms with Gasteiger partial charge in [-0.2, -0.15) is 0 Å². The lowest BCUT2D eigenvalue weighted by molar-refractivity contribution is 0.662. The van der Waals surface area contributed by atoms with Crippen LogP contribution in [0.3, 0.4) is 0 Å². The van der Waals surface area contributed by atoms with Crippen molar-refractivity contribution in [3.63, 3.8) is 0 Å². The molecule has 0 bridgehead atoms. The largest absolute Gasteiger partial charge is 0.0905 e. The van der Waals surface area contributed by atoms with Gasteiger partial charge >= 0.3 is 0 Å². The van der Waals surface area contributed by atoms with Gasteiger partial charge in [-0.05, 0) is 30.9 Å². The Bertz CT molecular complexity index is 362. The first kappa shape index (κ1) is 10.6. The molecular formula is C14H16S. The summed E-state index contributed by atoms with van der Waals surface area (Å²) >= 11 is 1.85. The van der Waals surface area contributed by atoms with E-state index >= 15 is 0 Å². The van der Waals surface area contributed by atoms with Gasteiger partial charge in [-0.1, -0.05) is 55.1 Å². The Hall–Kier alpha value is -0.950. The van der Waals surface area contributed by atoms with E-state index in [1.807, 2.05) is 11.8 Å². The van der Waals surface area contributed by atoms with Crippen LogP contribution in [0, 0.1) is 5.92 Å². The Morgan fingerprint density at radius 3 is 2.80 bits per heavy atom. The van der Waals surface area contributed by atoms with Crippen molar-refractivity contribution in [2.45, 2.75) is 24.7 Å². The van der Waals surface area contributed by atoms with Crippen LogP contribution in [0.1, 0.15) is 19.8 Å². The minimum absolute atomic E-state index is 0.718. The minimum atomic E-state index is 0.718. The van der Waals surface area contributed by atoms with Crippen LogP contribution in [0.15, 0.2) is 58.4 Å². The van der Waals surface area contributed by atoms with E-state index in [4.69, 9.17) is 0 Å². The minimum Gasteiger partial charge on any atom is -0.0905 e. The maximum Gasteiger partial charge on any atom is 0.0122 e. The normalized spacial score (nSPS) is 20.9. The van der Waals surface area contributed by atoms with Crippen LogP contribution in [0.25, 0.3) is 0 Å². The van der Waals surface area contributed by atoms with Crippen molar-refractivity contribution in [2.24, 2.45) is 5.92 Å². The lowest BCUT2D eigenvalue weighted by Crippen LogP contribution is -1.84. The molecule has 1 aliphatic rings. The lowest BCUT2D eigenvalue weighted by Gasteiger charge is -2.00. The second-order valence-corrected chi connectivity index (χ2v) is 5.08. The molecule has 0 saturated carbocycles. The predicted octanol–water partition coefficient (Wildman–Crippen LogP) is 4.65. The molecule has 0 heterocycles. The van der Waals surface area contributed by atoms with Gasteiger partial charge in [-0.15, -0.1) is 0 Å². The Labute approximate surface area is 96.1 Å². The quantitative estimate of drug-likeness (QED) is 0.693. The molecule has 0 aliphatic heterocycles. The van der Waals surface area contributed by atoms with E-state index in [1.165, 1.54) is 22.6 Å². The van der Waals surface area contributed by atoms with E-state index in [1.54, 1.807) is 0 Å². The van der Waals surface area contributed by atoms with Crippen molar-refractivity contribution >= 4 is 11.8 Å². The molecular weight excluding hydrogens is 200 g/mol. The van der Waals surface area contributed by atoms with Crippen LogP contribution >= 0.6 is 11.8 Å². The van der Waals surface area contributed by atoms with Gasteiger partial charge in [0.1, 0.15) is 0 Å². The molecule has 1 aliphatic carbocycles. The fraction of sp³-hybridized carbons (Fsp3) is 0.286. The van der Waals surface area contributed by atoms with Crippen LogP contribution in [0.5, 0.6) is 0 Å². The predicted molar refractivity (Wildman–Crippen MR) is 67.9 cm³/mol. The first-order chi connectivity index (χ1) is 7.34. The molecule has 0 spiro atoms. The SMILES string of the molecule is C[C@@H]1C=CC(Sc2ccccc2)=CCC1. The van der Waals surface area contributed by atoms with Gasteiger partial charge in [0, 0.05) is 9.80 Å². The van der Waals surface area contributed by atoms with Gasteiger partial charge in [0.2, 0.25) is 0 Å². The van der Waals surface area contributed by atoms with Gasteiger partial charge < -0.3 is 0 Å². The van der Waals surface area contributed by atoms with Gasteiger partial charge in [0.15, 0.2) is 0 Å². The molecule has 1 atom stereocenters. The van der Waals surface area contributed by atoms with E-state index < -0.39 is 0 Å². The van der Waals surface area contributed by atoms with Crippen LogP contribution in [-0.4, -0.2) is 0 Å². The number of hydrogen-bond acceptors (Lipinski definition) is 1. The summed E-state index contributed by atoms with van der Waals surface area (Å²) in [4.78, 5) is 2.70. The summed E-state index contributed by atoms with van der Waals surface area (Å²) in [6.45, 7) is 2.28. The number of rotatable bonds is 2. The summed E-state index contributed by atoms with van der Waals surface area (Å²) in [5.74, 6) is 0.718. The number of benzene rings is 1. The number of hydrogen-bond donors (Lipinski definition) is 0. The molecule has 2 rings (SSSR count). The highest BCUT2D eigenvalue weighted by molar-refractivity contribution is 8.03. The molecule has 0 aromatic heterocycles. The lowest BCUT2D eigenvalue weighted by atomic mass is 10.1. The summed E-state index contributed by atoms with van der Waals surface area (Å²) in [5, 5.41) is 0. The summed E-state index contributed by atoms with van der Waals surface area (Å²) < 4.78 is 0. The molecule has 1 heteroatoms. The van der Waals surface area contributed by atoms with Crippen LogP contribution in [-0.2, 0) is 0 Å². The zero-order valence-electron chi connectivity index (χ0n) is 9.02. The Morgan fingerprint density at radius 1 is 1.20 bits per heavy atom. The fourth-order valence-electron chi connectivity index (χ4n) is 1.61. The molecule has 0 fully saturated rings. The number of thioether (sulfide) groups is 1. The maximum absolute atomic E-state index is 2.34. The van der Waals surface area contributed by atoms with Gasteiger partial charge in [-0.3, -0.25) is 0 Å². The zero-order chi connectivity index (χ0) is 10.5. The first-order valence-corrected chi connectivity index (χ1v) is 6.27. The first-order valence-electron chi connectivity index (χ1n) is 5.46. The monoisotopic (exact) mass is 216 g/mol. The van der Waals surface area contributed by atoms with E-state index in [2.05, 4.69) is 55.5 Å². The van der Waals surface area contributed by atoms with Gasteiger partial charge in [0.05, 0.1) is 0 Å². The molecule has 78 valence electrons. The smallest absolute Gasteiger partial charge is 0.0122 e. The van der Waals surface area contributed by atoms with Crippen molar-refractivity contribution in [2.75, 3.05) is 0 Å².